The van der Waals surface area contributed by atoms with Gasteiger partial charge >= 0.3 is 0 Å². The smallest absolute Gasteiger partial charge is 0.140 e. The molecule has 0 amide bonds. The Hall–Kier alpha value is -2.06. The summed E-state index contributed by atoms with van der Waals surface area (Å²) in [7, 11) is 0. The quantitative estimate of drug-likeness (QED) is 0.919. The van der Waals surface area contributed by atoms with E-state index in [4.69, 9.17) is 27.3 Å². The summed E-state index contributed by atoms with van der Waals surface area (Å²) in [6, 6.07) is 16.2. The summed E-state index contributed by atoms with van der Waals surface area (Å²) in [6.45, 7) is 1.90. The van der Waals surface area contributed by atoms with Gasteiger partial charge < -0.3 is 10.5 Å². The van der Waals surface area contributed by atoms with E-state index >= 15 is 0 Å². The molecule has 0 radical (unpaired) electrons. The van der Waals surface area contributed by atoms with Crippen LogP contribution in [0.2, 0.25) is 5.02 Å². The topological polar surface area (TPSA) is 62.3 Å². The minimum Gasteiger partial charge on any atom is -0.482 e. The average molecular weight is 354 g/mol. The maximum absolute atomic E-state index is 9.01. The largest absolute Gasteiger partial charge is 0.482 e. The minimum atomic E-state index is -0.0769. The molecular formula is C20H20ClN3O. The van der Waals surface area contributed by atoms with Crippen molar-refractivity contribution in [2.45, 2.75) is 31.0 Å². The fraction of sp³-hybridized carbons (Fsp3) is 0.350. The van der Waals surface area contributed by atoms with Crippen molar-refractivity contribution < 1.29 is 4.74 Å². The van der Waals surface area contributed by atoms with Crippen LogP contribution in [0.3, 0.4) is 0 Å². The average Bonchev–Trinajstić information content (AvgIpc) is 3.20. The molecule has 0 saturated carbocycles. The van der Waals surface area contributed by atoms with Gasteiger partial charge in [0.1, 0.15) is 11.9 Å². The van der Waals surface area contributed by atoms with Crippen molar-refractivity contribution in [3.8, 4) is 11.8 Å². The lowest BCUT2D eigenvalue weighted by Crippen LogP contribution is -2.40. The number of nitriles is 1. The fourth-order valence-electron chi connectivity index (χ4n) is 3.92. The van der Waals surface area contributed by atoms with Gasteiger partial charge in [0.15, 0.2) is 0 Å². The van der Waals surface area contributed by atoms with Crippen LogP contribution in [0.5, 0.6) is 5.75 Å². The molecule has 0 bridgehead atoms. The monoisotopic (exact) mass is 353 g/mol. The minimum absolute atomic E-state index is 0.0769. The second-order valence-electron chi connectivity index (χ2n) is 6.81. The number of benzene rings is 2. The van der Waals surface area contributed by atoms with Crippen LogP contribution in [0, 0.1) is 11.3 Å². The first-order valence-electron chi connectivity index (χ1n) is 8.59. The second kappa shape index (κ2) is 6.68. The van der Waals surface area contributed by atoms with Gasteiger partial charge in [-0.1, -0.05) is 35.9 Å². The van der Waals surface area contributed by atoms with Crippen LogP contribution in [0.15, 0.2) is 42.5 Å². The first-order valence-corrected chi connectivity index (χ1v) is 8.97. The number of likely N-dealkylation sites (tertiary alicyclic amines) is 1. The molecule has 2 aliphatic rings. The molecule has 25 heavy (non-hydrogen) atoms. The molecule has 0 spiro atoms. The third kappa shape index (κ3) is 3.11. The standard InChI is InChI=1S/C20H20ClN3O/c21-17-9-13(11-22)5-6-19(17)25-20-16-4-2-1-3-14(16)10-18(20)24-8-7-15(23)12-24/h1-6,9,15,18,20H,7-8,10,12,23H2/t15-,18+,20?/m0/s1. The highest BCUT2D eigenvalue weighted by Crippen LogP contribution is 2.40. The summed E-state index contributed by atoms with van der Waals surface area (Å²) in [5, 5.41) is 9.48. The Balaban J connectivity index is 1.65. The Morgan fingerprint density at radius 1 is 1.24 bits per heavy atom. The summed E-state index contributed by atoms with van der Waals surface area (Å²) in [4.78, 5) is 2.44. The molecule has 4 rings (SSSR count). The number of hydrogen-bond donors (Lipinski definition) is 1. The van der Waals surface area contributed by atoms with E-state index in [1.54, 1.807) is 18.2 Å². The van der Waals surface area contributed by atoms with Crippen LogP contribution in [-0.2, 0) is 6.42 Å². The summed E-state index contributed by atoms with van der Waals surface area (Å²) in [5.74, 6) is 0.621. The molecule has 3 atom stereocenters. The Bertz CT molecular complexity index is 832. The van der Waals surface area contributed by atoms with E-state index in [9.17, 15) is 0 Å². The van der Waals surface area contributed by atoms with Crippen LogP contribution in [0.25, 0.3) is 0 Å². The first-order chi connectivity index (χ1) is 12.2. The Kier molecular flexibility index (Phi) is 4.39. The van der Waals surface area contributed by atoms with Gasteiger partial charge in [-0.3, -0.25) is 4.90 Å². The number of rotatable bonds is 3. The van der Waals surface area contributed by atoms with Crippen molar-refractivity contribution in [1.29, 1.82) is 5.26 Å². The van der Waals surface area contributed by atoms with Crippen LogP contribution in [0.4, 0.5) is 0 Å². The van der Waals surface area contributed by atoms with Gasteiger partial charge in [0.05, 0.1) is 22.7 Å². The van der Waals surface area contributed by atoms with E-state index in [1.165, 1.54) is 11.1 Å². The number of fused-ring (bicyclic) bond motifs is 1. The molecule has 5 heteroatoms. The van der Waals surface area contributed by atoms with E-state index in [1.807, 2.05) is 6.07 Å². The molecule has 1 saturated heterocycles. The third-order valence-electron chi connectivity index (χ3n) is 5.18. The van der Waals surface area contributed by atoms with Gasteiger partial charge in [0.25, 0.3) is 0 Å². The zero-order valence-corrected chi connectivity index (χ0v) is 14.6. The van der Waals surface area contributed by atoms with E-state index in [2.05, 4.69) is 29.2 Å². The predicted octanol–water partition coefficient (Wildman–Crippen LogP) is 3.29. The highest BCUT2D eigenvalue weighted by atomic mass is 35.5. The summed E-state index contributed by atoms with van der Waals surface area (Å²) in [5.41, 5.74) is 9.19. The van der Waals surface area contributed by atoms with Gasteiger partial charge in [-0.15, -0.1) is 0 Å². The summed E-state index contributed by atoms with van der Waals surface area (Å²) in [6.07, 6.45) is 1.91. The maximum atomic E-state index is 9.01. The van der Waals surface area contributed by atoms with Crippen molar-refractivity contribution in [2.24, 2.45) is 5.73 Å². The highest BCUT2D eigenvalue weighted by molar-refractivity contribution is 6.32. The van der Waals surface area contributed by atoms with Crippen molar-refractivity contribution in [3.05, 3.63) is 64.2 Å². The van der Waals surface area contributed by atoms with Crippen LogP contribution in [-0.4, -0.2) is 30.1 Å². The molecule has 1 aliphatic heterocycles. The molecule has 1 unspecified atom stereocenters. The second-order valence-corrected chi connectivity index (χ2v) is 7.22. The van der Waals surface area contributed by atoms with Gasteiger partial charge in [0.2, 0.25) is 0 Å². The number of nitrogens with zero attached hydrogens (tertiary/aromatic N) is 2. The third-order valence-corrected chi connectivity index (χ3v) is 5.48. The molecule has 1 aliphatic carbocycles. The molecular weight excluding hydrogens is 334 g/mol. The van der Waals surface area contributed by atoms with Crippen LogP contribution >= 0.6 is 11.6 Å². The van der Waals surface area contributed by atoms with E-state index in [-0.39, 0.29) is 18.2 Å². The lowest BCUT2D eigenvalue weighted by atomic mass is 10.1. The fourth-order valence-corrected chi connectivity index (χ4v) is 4.14. The number of nitrogens with two attached hydrogens (primary N) is 1. The Labute approximate surface area is 152 Å². The molecule has 2 N–H and O–H groups in total. The molecule has 2 aromatic rings. The summed E-state index contributed by atoms with van der Waals surface area (Å²) >= 11 is 6.33. The van der Waals surface area contributed by atoms with E-state index in [0.717, 1.165) is 25.9 Å². The number of ether oxygens (including phenoxy) is 1. The zero-order valence-electron chi connectivity index (χ0n) is 13.9. The number of hydrogen-bond acceptors (Lipinski definition) is 4. The molecule has 1 fully saturated rings. The van der Waals surface area contributed by atoms with E-state index in [0.29, 0.717) is 16.3 Å². The van der Waals surface area contributed by atoms with Crippen molar-refractivity contribution in [2.75, 3.05) is 13.1 Å². The highest BCUT2D eigenvalue weighted by Gasteiger charge is 2.40. The van der Waals surface area contributed by atoms with Crippen LogP contribution < -0.4 is 10.5 Å². The Morgan fingerprint density at radius 2 is 2.08 bits per heavy atom. The van der Waals surface area contributed by atoms with Crippen molar-refractivity contribution in [3.63, 3.8) is 0 Å². The molecule has 128 valence electrons. The number of halogens is 1. The summed E-state index contributed by atoms with van der Waals surface area (Å²) < 4.78 is 6.37. The van der Waals surface area contributed by atoms with Crippen molar-refractivity contribution in [1.82, 2.24) is 4.90 Å². The first kappa shape index (κ1) is 16.4. The lowest BCUT2D eigenvalue weighted by molar-refractivity contribution is 0.0934. The van der Waals surface area contributed by atoms with Gasteiger partial charge in [-0.05, 0) is 42.2 Å². The normalized spacial score (nSPS) is 25.6. The molecule has 2 aromatic carbocycles. The molecule has 0 aromatic heterocycles. The lowest BCUT2D eigenvalue weighted by Gasteiger charge is -2.30. The van der Waals surface area contributed by atoms with Gasteiger partial charge in [-0.25, -0.2) is 0 Å². The Morgan fingerprint density at radius 3 is 2.80 bits per heavy atom. The van der Waals surface area contributed by atoms with Crippen LogP contribution in [0.1, 0.15) is 29.2 Å². The zero-order chi connectivity index (χ0) is 17.4. The maximum Gasteiger partial charge on any atom is 0.140 e. The van der Waals surface area contributed by atoms with Crippen molar-refractivity contribution >= 4 is 11.6 Å². The van der Waals surface area contributed by atoms with Gasteiger partial charge in [-0.2, -0.15) is 5.26 Å². The SMILES string of the molecule is N#Cc1ccc(OC2c3ccccc3C[C@H]2N2CC[C@H](N)C2)c(Cl)c1. The molecule has 1 heterocycles. The van der Waals surface area contributed by atoms with Gasteiger partial charge in [0, 0.05) is 19.1 Å². The molecule has 4 nitrogen and oxygen atoms in total. The van der Waals surface area contributed by atoms with E-state index < -0.39 is 0 Å². The predicted molar refractivity (Wildman–Crippen MR) is 97.6 cm³/mol.